The van der Waals surface area contributed by atoms with Crippen LogP contribution in [0.1, 0.15) is 37.7 Å². The molecular formula is C18H20O2. The monoisotopic (exact) mass is 268 g/mol. The second-order valence-corrected chi connectivity index (χ2v) is 5.62. The van der Waals surface area contributed by atoms with Crippen LogP contribution in [-0.2, 0) is 16.1 Å². The van der Waals surface area contributed by atoms with Crippen molar-refractivity contribution in [1.82, 2.24) is 0 Å². The molecule has 3 rings (SSSR count). The van der Waals surface area contributed by atoms with Crippen LogP contribution in [0.5, 0.6) is 0 Å². The van der Waals surface area contributed by atoms with Crippen molar-refractivity contribution >= 4 is 16.7 Å². The van der Waals surface area contributed by atoms with Gasteiger partial charge in [0.2, 0.25) is 0 Å². The minimum atomic E-state index is -0.0159. The number of hydrogen-bond donors (Lipinski definition) is 0. The summed E-state index contributed by atoms with van der Waals surface area (Å²) in [5.41, 5.74) is 1.06. The molecule has 0 N–H and O–H groups in total. The third kappa shape index (κ3) is 3.01. The van der Waals surface area contributed by atoms with Gasteiger partial charge in [0.1, 0.15) is 6.61 Å². The van der Waals surface area contributed by atoms with Crippen LogP contribution in [0.15, 0.2) is 42.5 Å². The molecule has 0 bridgehead atoms. The van der Waals surface area contributed by atoms with Gasteiger partial charge < -0.3 is 4.74 Å². The van der Waals surface area contributed by atoms with Crippen molar-refractivity contribution in [3.05, 3.63) is 48.0 Å². The molecule has 0 saturated heterocycles. The molecule has 2 heteroatoms. The molecule has 0 radical (unpaired) electrons. The van der Waals surface area contributed by atoms with Gasteiger partial charge in [0.15, 0.2) is 0 Å². The molecule has 20 heavy (non-hydrogen) atoms. The highest BCUT2D eigenvalue weighted by atomic mass is 16.5. The zero-order valence-electron chi connectivity index (χ0n) is 11.7. The number of fused-ring (bicyclic) bond motifs is 1. The van der Waals surface area contributed by atoms with Gasteiger partial charge in [-0.2, -0.15) is 0 Å². The summed E-state index contributed by atoms with van der Waals surface area (Å²) in [6, 6.07) is 14.5. The number of carbonyl (C=O) groups excluding carboxylic acids is 1. The van der Waals surface area contributed by atoms with Gasteiger partial charge in [-0.15, -0.1) is 0 Å². The maximum absolute atomic E-state index is 12.0. The van der Waals surface area contributed by atoms with Gasteiger partial charge in [-0.25, -0.2) is 0 Å². The van der Waals surface area contributed by atoms with Gasteiger partial charge in [-0.3, -0.25) is 4.79 Å². The first kappa shape index (κ1) is 13.2. The molecule has 0 amide bonds. The predicted molar refractivity (Wildman–Crippen MR) is 80.3 cm³/mol. The smallest absolute Gasteiger partial charge is 0.309 e. The summed E-state index contributed by atoms with van der Waals surface area (Å²) in [5.74, 6) is 0.113. The van der Waals surface area contributed by atoms with E-state index in [1.54, 1.807) is 0 Å². The van der Waals surface area contributed by atoms with Gasteiger partial charge in [0, 0.05) is 0 Å². The molecule has 0 heterocycles. The second kappa shape index (κ2) is 6.08. The maximum Gasteiger partial charge on any atom is 0.309 e. The first-order chi connectivity index (χ1) is 9.83. The Morgan fingerprint density at radius 2 is 1.75 bits per heavy atom. The van der Waals surface area contributed by atoms with Crippen LogP contribution >= 0.6 is 0 Å². The molecule has 1 saturated carbocycles. The van der Waals surface area contributed by atoms with Crippen molar-refractivity contribution in [2.45, 2.75) is 38.7 Å². The summed E-state index contributed by atoms with van der Waals surface area (Å²) in [5, 5.41) is 2.41. The van der Waals surface area contributed by atoms with Gasteiger partial charge in [-0.05, 0) is 35.2 Å². The van der Waals surface area contributed by atoms with Crippen LogP contribution < -0.4 is 0 Å². The fourth-order valence-electron chi connectivity index (χ4n) is 2.94. The van der Waals surface area contributed by atoms with Crippen molar-refractivity contribution in [3.63, 3.8) is 0 Å². The van der Waals surface area contributed by atoms with Crippen molar-refractivity contribution in [3.8, 4) is 0 Å². The van der Waals surface area contributed by atoms with E-state index >= 15 is 0 Å². The average Bonchev–Trinajstić information content (AvgIpc) is 2.53. The molecule has 0 spiro atoms. The van der Waals surface area contributed by atoms with Gasteiger partial charge in [-0.1, -0.05) is 55.7 Å². The Labute approximate surface area is 119 Å². The van der Waals surface area contributed by atoms with E-state index in [0.29, 0.717) is 6.61 Å². The Balaban J connectivity index is 1.62. The van der Waals surface area contributed by atoms with E-state index in [1.807, 2.05) is 18.2 Å². The minimum absolute atomic E-state index is 0.0159. The molecule has 2 aromatic rings. The summed E-state index contributed by atoms with van der Waals surface area (Å²) in [6.07, 6.45) is 5.58. The Morgan fingerprint density at radius 1 is 1.00 bits per heavy atom. The van der Waals surface area contributed by atoms with Crippen LogP contribution in [0, 0.1) is 5.92 Å². The van der Waals surface area contributed by atoms with Crippen LogP contribution in [-0.4, -0.2) is 5.97 Å². The lowest BCUT2D eigenvalue weighted by atomic mass is 9.89. The quantitative estimate of drug-likeness (QED) is 0.768. The highest BCUT2D eigenvalue weighted by Gasteiger charge is 2.22. The Morgan fingerprint density at radius 3 is 2.55 bits per heavy atom. The summed E-state index contributed by atoms with van der Waals surface area (Å²) >= 11 is 0. The fraction of sp³-hybridized carbons (Fsp3) is 0.389. The van der Waals surface area contributed by atoms with Gasteiger partial charge >= 0.3 is 5.97 Å². The zero-order valence-corrected chi connectivity index (χ0v) is 11.7. The van der Waals surface area contributed by atoms with Crippen LogP contribution in [0.2, 0.25) is 0 Å². The molecule has 1 aliphatic carbocycles. The van der Waals surface area contributed by atoms with Crippen LogP contribution in [0.3, 0.4) is 0 Å². The molecule has 2 aromatic carbocycles. The van der Waals surface area contributed by atoms with Crippen LogP contribution in [0.4, 0.5) is 0 Å². The number of esters is 1. The largest absolute Gasteiger partial charge is 0.461 e. The molecule has 2 nitrogen and oxygen atoms in total. The summed E-state index contributed by atoms with van der Waals surface area (Å²) in [4.78, 5) is 12.0. The van der Waals surface area contributed by atoms with E-state index in [-0.39, 0.29) is 11.9 Å². The summed E-state index contributed by atoms with van der Waals surface area (Å²) < 4.78 is 5.48. The van der Waals surface area contributed by atoms with E-state index in [1.165, 1.54) is 17.2 Å². The van der Waals surface area contributed by atoms with Crippen molar-refractivity contribution < 1.29 is 9.53 Å². The number of carbonyl (C=O) groups is 1. The normalized spacial score (nSPS) is 16.2. The Kier molecular flexibility index (Phi) is 4.00. The molecule has 0 unspecified atom stereocenters. The maximum atomic E-state index is 12.0. The van der Waals surface area contributed by atoms with Gasteiger partial charge in [0.05, 0.1) is 5.92 Å². The molecule has 0 atom stereocenters. The van der Waals surface area contributed by atoms with E-state index in [4.69, 9.17) is 4.74 Å². The van der Waals surface area contributed by atoms with Gasteiger partial charge in [0.25, 0.3) is 0 Å². The summed E-state index contributed by atoms with van der Waals surface area (Å²) in [7, 11) is 0. The topological polar surface area (TPSA) is 26.3 Å². The zero-order chi connectivity index (χ0) is 13.8. The third-order valence-electron chi connectivity index (χ3n) is 4.13. The second-order valence-electron chi connectivity index (χ2n) is 5.62. The summed E-state index contributed by atoms with van der Waals surface area (Å²) in [6.45, 7) is 0.389. The fourth-order valence-corrected chi connectivity index (χ4v) is 2.94. The van der Waals surface area contributed by atoms with Crippen molar-refractivity contribution in [1.29, 1.82) is 0 Å². The molecule has 0 aliphatic heterocycles. The molecule has 104 valence electrons. The first-order valence-electron chi connectivity index (χ1n) is 7.47. The van der Waals surface area contributed by atoms with Crippen molar-refractivity contribution in [2.75, 3.05) is 0 Å². The molecule has 0 aromatic heterocycles. The molecule has 1 fully saturated rings. The lowest BCUT2D eigenvalue weighted by Gasteiger charge is -2.19. The number of benzene rings is 2. The molecule has 1 aliphatic rings. The molecular weight excluding hydrogens is 248 g/mol. The standard InChI is InChI=1S/C18H20O2/c19-18(16-7-2-1-3-8-16)20-13-14-10-11-15-6-4-5-9-17(15)12-14/h4-6,9-12,16H,1-3,7-8,13H2. The van der Waals surface area contributed by atoms with Crippen LogP contribution in [0.25, 0.3) is 10.8 Å². The van der Waals surface area contributed by atoms with E-state index < -0.39 is 0 Å². The Bertz CT molecular complexity index is 597. The number of hydrogen-bond acceptors (Lipinski definition) is 2. The van der Waals surface area contributed by atoms with Crippen molar-refractivity contribution in [2.24, 2.45) is 5.92 Å². The highest BCUT2D eigenvalue weighted by molar-refractivity contribution is 5.83. The van der Waals surface area contributed by atoms with E-state index in [0.717, 1.165) is 31.2 Å². The minimum Gasteiger partial charge on any atom is -0.461 e. The SMILES string of the molecule is O=C(OCc1ccc2ccccc2c1)C1CCCCC1. The van der Waals surface area contributed by atoms with E-state index in [2.05, 4.69) is 24.3 Å². The third-order valence-corrected chi connectivity index (χ3v) is 4.13. The Hall–Kier alpha value is -1.83. The highest BCUT2D eigenvalue weighted by Crippen LogP contribution is 2.25. The van der Waals surface area contributed by atoms with E-state index in [9.17, 15) is 4.79 Å². The average molecular weight is 268 g/mol. The number of rotatable bonds is 3. The predicted octanol–water partition coefficient (Wildman–Crippen LogP) is 4.46. The lowest BCUT2D eigenvalue weighted by molar-refractivity contribution is -0.151. The lowest BCUT2D eigenvalue weighted by Crippen LogP contribution is -2.20. The first-order valence-corrected chi connectivity index (χ1v) is 7.47. The number of ether oxygens (including phenoxy) is 1.